The van der Waals surface area contributed by atoms with Crippen molar-refractivity contribution in [1.82, 2.24) is 5.06 Å². The van der Waals surface area contributed by atoms with Crippen LogP contribution in [-0.4, -0.2) is 30.7 Å². The minimum Gasteiger partial charge on any atom is -0.457 e. The van der Waals surface area contributed by atoms with E-state index in [1.54, 1.807) is 0 Å². The van der Waals surface area contributed by atoms with Crippen LogP contribution in [0.2, 0.25) is 0 Å². The molecule has 0 bridgehead atoms. The molecule has 0 unspecified atom stereocenters. The van der Waals surface area contributed by atoms with Crippen LogP contribution in [0.3, 0.4) is 0 Å². The number of carbonyl (C=O) groups is 1. The summed E-state index contributed by atoms with van der Waals surface area (Å²) < 4.78 is 4.81. The largest absolute Gasteiger partial charge is 0.457 e. The van der Waals surface area contributed by atoms with Crippen molar-refractivity contribution in [2.24, 2.45) is 0 Å². The molecule has 0 amide bonds. The number of carbonyl (C=O) groups excluding carboxylic acids is 1. The molecule has 1 heterocycles. The van der Waals surface area contributed by atoms with Gasteiger partial charge in [-0.1, -0.05) is 18.7 Å². The highest BCUT2D eigenvalue weighted by molar-refractivity contribution is 5.66. The number of hydroxylamine groups is 2. The molecule has 1 fully saturated rings. The van der Waals surface area contributed by atoms with Crippen molar-refractivity contribution < 1.29 is 14.4 Å². The molecular formula is C11H17NO3. The molecule has 1 aliphatic rings. The lowest BCUT2D eigenvalue weighted by Crippen LogP contribution is -2.30. The van der Waals surface area contributed by atoms with Crippen molar-refractivity contribution in [3.63, 3.8) is 0 Å². The second-order valence-electron chi connectivity index (χ2n) is 3.46. The molecule has 0 aliphatic carbocycles. The summed E-state index contributed by atoms with van der Waals surface area (Å²) in [6.07, 6.45) is 3.52. The normalized spacial score (nSPS) is 16.6. The lowest BCUT2D eigenvalue weighted by Gasteiger charge is -2.26. The second kappa shape index (κ2) is 6.27. The molecule has 1 aliphatic heterocycles. The van der Waals surface area contributed by atoms with Gasteiger partial charge >= 0.3 is 5.97 Å². The number of hydrogen-bond donors (Lipinski definition) is 0. The van der Waals surface area contributed by atoms with Gasteiger partial charge in [-0.2, -0.15) is 0 Å². The predicted molar refractivity (Wildman–Crippen MR) is 55.8 cm³/mol. The Labute approximate surface area is 90.1 Å². The molecule has 1 saturated heterocycles. The Balaban J connectivity index is 2.32. The number of ether oxygens (including phenoxy) is 1. The van der Waals surface area contributed by atoms with E-state index in [-0.39, 0.29) is 12.6 Å². The summed E-state index contributed by atoms with van der Waals surface area (Å²) in [5.41, 5.74) is 2.63. The minimum absolute atomic E-state index is 0.106. The summed E-state index contributed by atoms with van der Waals surface area (Å²) in [7, 11) is 0. The van der Waals surface area contributed by atoms with Gasteiger partial charge in [0.15, 0.2) is 6.61 Å². The van der Waals surface area contributed by atoms with Gasteiger partial charge in [0.1, 0.15) is 0 Å². The second-order valence-corrected chi connectivity index (χ2v) is 3.46. The van der Waals surface area contributed by atoms with Crippen LogP contribution in [0.25, 0.3) is 0 Å². The van der Waals surface area contributed by atoms with Crippen molar-refractivity contribution in [3.05, 3.63) is 18.1 Å². The fourth-order valence-corrected chi connectivity index (χ4v) is 1.39. The highest BCUT2D eigenvalue weighted by atomic mass is 16.7. The van der Waals surface area contributed by atoms with Crippen molar-refractivity contribution in [3.8, 4) is 0 Å². The third kappa shape index (κ3) is 4.68. The van der Waals surface area contributed by atoms with Gasteiger partial charge in [0.25, 0.3) is 0 Å². The van der Waals surface area contributed by atoms with Crippen LogP contribution in [0.5, 0.6) is 0 Å². The van der Waals surface area contributed by atoms with Gasteiger partial charge in [-0.3, -0.25) is 4.79 Å². The maximum absolute atomic E-state index is 10.6. The first-order chi connectivity index (χ1) is 7.22. The molecule has 0 aromatic carbocycles. The summed E-state index contributed by atoms with van der Waals surface area (Å²) in [5, 5.41) is 1.86. The average molecular weight is 211 g/mol. The molecular weight excluding hydrogens is 194 g/mol. The van der Waals surface area contributed by atoms with E-state index < -0.39 is 0 Å². The van der Waals surface area contributed by atoms with Crippen LogP contribution >= 0.6 is 0 Å². The molecule has 4 nitrogen and oxygen atoms in total. The Morgan fingerprint density at radius 1 is 1.40 bits per heavy atom. The summed E-state index contributed by atoms with van der Waals surface area (Å²) in [5.74, 6) is 0.136. The highest BCUT2D eigenvalue weighted by Crippen LogP contribution is 2.11. The zero-order valence-corrected chi connectivity index (χ0v) is 9.12. The molecule has 84 valence electrons. The summed E-state index contributed by atoms with van der Waals surface area (Å²) in [6.45, 7) is 6.78. The molecule has 0 saturated carbocycles. The number of piperidine rings is 1. The molecule has 0 N–H and O–H groups in total. The number of nitrogens with zero attached hydrogens (tertiary/aromatic N) is 1. The van der Waals surface area contributed by atoms with Crippen molar-refractivity contribution in [2.75, 3.05) is 19.7 Å². The first-order valence-corrected chi connectivity index (χ1v) is 5.17. The lowest BCUT2D eigenvalue weighted by molar-refractivity contribution is -0.153. The molecule has 0 aromatic rings. The smallest absolute Gasteiger partial charge is 0.303 e. The Kier molecular flexibility index (Phi) is 4.95. The average Bonchev–Trinajstić information content (AvgIpc) is 2.25. The molecule has 0 radical (unpaired) electrons. The van der Waals surface area contributed by atoms with E-state index >= 15 is 0 Å². The Morgan fingerprint density at radius 2 is 2.07 bits per heavy atom. The third-order valence-corrected chi connectivity index (χ3v) is 2.16. The molecule has 4 heteroatoms. The van der Waals surface area contributed by atoms with Gasteiger partial charge in [0.2, 0.25) is 5.76 Å². The van der Waals surface area contributed by atoms with Gasteiger partial charge in [0, 0.05) is 20.0 Å². The Morgan fingerprint density at radius 3 is 2.60 bits per heavy atom. The molecule has 0 aromatic heterocycles. The monoisotopic (exact) mass is 211 g/mol. The van der Waals surface area contributed by atoms with E-state index in [0.29, 0.717) is 5.76 Å². The predicted octanol–water partition coefficient (Wildman–Crippen LogP) is 1.64. The number of hydrogen-bond acceptors (Lipinski definition) is 4. The van der Waals surface area contributed by atoms with E-state index in [9.17, 15) is 4.79 Å². The molecule has 15 heavy (non-hydrogen) atoms. The Hall–Kier alpha value is -1.25. The summed E-state index contributed by atoms with van der Waals surface area (Å²) in [6, 6.07) is 0. The van der Waals surface area contributed by atoms with Crippen LogP contribution in [0.4, 0.5) is 0 Å². The maximum Gasteiger partial charge on any atom is 0.303 e. The van der Waals surface area contributed by atoms with Crippen LogP contribution in [-0.2, 0) is 14.4 Å². The quantitative estimate of drug-likeness (QED) is 0.402. The first-order valence-electron chi connectivity index (χ1n) is 5.17. The van der Waals surface area contributed by atoms with Crippen molar-refractivity contribution in [1.29, 1.82) is 0 Å². The number of rotatable bonds is 4. The summed E-state index contributed by atoms with van der Waals surface area (Å²) >= 11 is 0. The molecule has 1 rings (SSSR count). The van der Waals surface area contributed by atoms with Gasteiger partial charge in [0.05, 0.1) is 0 Å². The van der Waals surface area contributed by atoms with Crippen LogP contribution in [0.1, 0.15) is 26.2 Å². The van der Waals surface area contributed by atoms with Gasteiger partial charge < -0.3 is 9.57 Å². The van der Waals surface area contributed by atoms with Crippen LogP contribution in [0.15, 0.2) is 18.1 Å². The summed E-state index contributed by atoms with van der Waals surface area (Å²) in [4.78, 5) is 16.1. The van der Waals surface area contributed by atoms with Gasteiger partial charge in [-0.15, -0.1) is 5.06 Å². The van der Waals surface area contributed by atoms with E-state index in [4.69, 9.17) is 9.57 Å². The van der Waals surface area contributed by atoms with E-state index in [1.165, 1.54) is 13.3 Å². The van der Waals surface area contributed by atoms with Crippen molar-refractivity contribution in [2.45, 2.75) is 26.2 Å². The lowest BCUT2D eigenvalue weighted by atomic mass is 10.2. The zero-order chi connectivity index (χ0) is 11.1. The SMILES string of the molecule is C=C=C(COC(C)=O)ON1CCCCC1. The van der Waals surface area contributed by atoms with Crippen LogP contribution in [0, 0.1) is 0 Å². The standard InChI is InChI=1S/C11H17NO3/c1-3-11(9-14-10(2)13)15-12-7-5-4-6-8-12/h1,4-9H2,2H3. The maximum atomic E-state index is 10.6. The van der Waals surface area contributed by atoms with E-state index in [2.05, 4.69) is 12.3 Å². The minimum atomic E-state index is -0.329. The topological polar surface area (TPSA) is 38.8 Å². The van der Waals surface area contributed by atoms with Gasteiger partial charge in [-0.05, 0) is 12.8 Å². The van der Waals surface area contributed by atoms with Crippen LogP contribution < -0.4 is 0 Å². The number of esters is 1. The Bertz CT molecular complexity index is 263. The molecule has 0 atom stereocenters. The van der Waals surface area contributed by atoms with E-state index in [0.717, 1.165) is 25.9 Å². The fraction of sp³-hybridized carbons (Fsp3) is 0.636. The molecule has 0 spiro atoms. The zero-order valence-electron chi connectivity index (χ0n) is 9.12. The first kappa shape index (κ1) is 11.8. The van der Waals surface area contributed by atoms with Crippen molar-refractivity contribution >= 4 is 5.97 Å². The van der Waals surface area contributed by atoms with E-state index in [1.807, 2.05) is 5.06 Å². The van der Waals surface area contributed by atoms with Gasteiger partial charge in [-0.25, -0.2) is 0 Å². The highest BCUT2D eigenvalue weighted by Gasteiger charge is 2.13. The fourth-order valence-electron chi connectivity index (χ4n) is 1.39. The third-order valence-electron chi connectivity index (χ3n) is 2.16.